The maximum Gasteiger partial charge on any atom is 0.416 e. The standard InChI is InChI=1S/C12H13F4NS/c13-10-2-1-9(12(14,15)16)5-11(10)17-6-8-3-4-18-7-8/h1-2,5,8,17H,3-4,6-7H2. The number of halogens is 4. The molecule has 1 heterocycles. The summed E-state index contributed by atoms with van der Waals surface area (Å²) in [6, 6.07) is 2.44. The van der Waals surface area contributed by atoms with E-state index >= 15 is 0 Å². The minimum absolute atomic E-state index is 0.0678. The molecule has 18 heavy (non-hydrogen) atoms. The van der Waals surface area contributed by atoms with Crippen molar-refractivity contribution in [1.82, 2.24) is 0 Å². The van der Waals surface area contributed by atoms with E-state index in [0.717, 1.165) is 36.1 Å². The number of hydrogen-bond donors (Lipinski definition) is 1. The van der Waals surface area contributed by atoms with Gasteiger partial charge in [0.25, 0.3) is 0 Å². The van der Waals surface area contributed by atoms with Crippen molar-refractivity contribution >= 4 is 17.4 Å². The van der Waals surface area contributed by atoms with Gasteiger partial charge in [-0.1, -0.05) is 0 Å². The Bertz CT molecular complexity index is 413. The third kappa shape index (κ3) is 3.31. The smallest absolute Gasteiger partial charge is 0.382 e. The number of benzene rings is 1. The van der Waals surface area contributed by atoms with Crippen molar-refractivity contribution in [3.05, 3.63) is 29.6 Å². The van der Waals surface area contributed by atoms with E-state index in [2.05, 4.69) is 5.32 Å². The van der Waals surface area contributed by atoms with Crippen molar-refractivity contribution < 1.29 is 17.6 Å². The molecule has 0 radical (unpaired) electrons. The van der Waals surface area contributed by atoms with E-state index in [1.165, 1.54) is 0 Å². The highest BCUT2D eigenvalue weighted by atomic mass is 32.2. The normalized spacial score (nSPS) is 20.1. The Morgan fingerprint density at radius 3 is 2.72 bits per heavy atom. The molecule has 0 spiro atoms. The number of nitrogens with one attached hydrogen (secondary N) is 1. The first-order chi connectivity index (χ1) is 8.47. The lowest BCUT2D eigenvalue weighted by atomic mass is 10.1. The molecule has 6 heteroatoms. The zero-order valence-corrected chi connectivity index (χ0v) is 10.4. The summed E-state index contributed by atoms with van der Waals surface area (Å²) in [6.07, 6.45) is -3.41. The lowest BCUT2D eigenvalue weighted by molar-refractivity contribution is -0.137. The van der Waals surface area contributed by atoms with Crippen molar-refractivity contribution in [2.45, 2.75) is 12.6 Å². The van der Waals surface area contributed by atoms with Gasteiger partial charge in [-0.15, -0.1) is 0 Å². The molecule has 1 nitrogen and oxygen atoms in total. The minimum atomic E-state index is -4.44. The van der Waals surface area contributed by atoms with Crippen LogP contribution in [0.3, 0.4) is 0 Å². The van der Waals surface area contributed by atoms with Crippen LogP contribution in [-0.4, -0.2) is 18.1 Å². The van der Waals surface area contributed by atoms with Crippen molar-refractivity contribution in [3.8, 4) is 0 Å². The van der Waals surface area contributed by atoms with E-state index in [1.54, 1.807) is 0 Å². The zero-order chi connectivity index (χ0) is 13.2. The predicted molar refractivity (Wildman–Crippen MR) is 65.3 cm³/mol. The highest BCUT2D eigenvalue weighted by Crippen LogP contribution is 2.32. The summed E-state index contributed by atoms with van der Waals surface area (Å²) in [7, 11) is 0. The Morgan fingerprint density at radius 2 is 2.11 bits per heavy atom. The van der Waals surface area contributed by atoms with E-state index in [0.29, 0.717) is 12.5 Å². The Hall–Kier alpha value is -0.910. The van der Waals surface area contributed by atoms with Gasteiger partial charge in [-0.3, -0.25) is 0 Å². The molecule has 2 rings (SSSR count). The maximum atomic E-state index is 13.4. The highest BCUT2D eigenvalue weighted by Gasteiger charge is 2.31. The minimum Gasteiger partial charge on any atom is -0.382 e. The fourth-order valence-corrected chi connectivity index (χ4v) is 3.12. The first-order valence-electron chi connectivity index (χ1n) is 5.65. The second-order valence-corrected chi connectivity index (χ2v) is 5.45. The summed E-state index contributed by atoms with van der Waals surface area (Å²) in [5.41, 5.74) is -0.895. The average Bonchev–Trinajstić information content (AvgIpc) is 2.79. The van der Waals surface area contributed by atoms with Crippen molar-refractivity contribution in [2.24, 2.45) is 5.92 Å². The van der Waals surface area contributed by atoms with Crippen LogP contribution < -0.4 is 5.32 Å². The molecule has 0 aliphatic carbocycles. The van der Waals surface area contributed by atoms with Gasteiger partial charge in [-0.05, 0) is 42.0 Å². The van der Waals surface area contributed by atoms with Crippen molar-refractivity contribution in [1.29, 1.82) is 0 Å². The summed E-state index contributed by atoms with van der Waals surface area (Å²) in [4.78, 5) is 0. The van der Waals surface area contributed by atoms with Crippen molar-refractivity contribution in [2.75, 3.05) is 23.4 Å². The van der Waals surface area contributed by atoms with Gasteiger partial charge < -0.3 is 5.32 Å². The number of hydrogen-bond acceptors (Lipinski definition) is 2. The summed E-state index contributed by atoms with van der Waals surface area (Å²) in [6.45, 7) is 0.519. The van der Waals surface area contributed by atoms with Gasteiger partial charge in [0.1, 0.15) is 5.82 Å². The highest BCUT2D eigenvalue weighted by molar-refractivity contribution is 7.99. The summed E-state index contributed by atoms with van der Waals surface area (Å²) in [5, 5.41) is 2.78. The molecule has 1 N–H and O–H groups in total. The van der Waals surface area contributed by atoms with Crippen LogP contribution in [0.25, 0.3) is 0 Å². The molecule has 1 fully saturated rings. The van der Waals surface area contributed by atoms with E-state index < -0.39 is 17.6 Å². The quantitative estimate of drug-likeness (QED) is 0.839. The van der Waals surface area contributed by atoms with Gasteiger partial charge >= 0.3 is 6.18 Å². The van der Waals surface area contributed by atoms with Crippen LogP contribution in [0.5, 0.6) is 0 Å². The molecule has 1 aromatic carbocycles. The van der Waals surface area contributed by atoms with Crippen molar-refractivity contribution in [3.63, 3.8) is 0 Å². The third-order valence-electron chi connectivity index (χ3n) is 2.90. The van der Waals surface area contributed by atoms with Gasteiger partial charge in [0.2, 0.25) is 0 Å². The van der Waals surface area contributed by atoms with Crippen LogP contribution in [0, 0.1) is 11.7 Å². The molecule has 0 aromatic heterocycles. The van der Waals surface area contributed by atoms with Crippen LogP contribution >= 0.6 is 11.8 Å². The van der Waals surface area contributed by atoms with Gasteiger partial charge in [0.05, 0.1) is 11.3 Å². The van der Waals surface area contributed by atoms with E-state index in [-0.39, 0.29) is 5.69 Å². The third-order valence-corrected chi connectivity index (χ3v) is 4.13. The first kappa shape index (κ1) is 13.5. The zero-order valence-electron chi connectivity index (χ0n) is 9.56. The van der Waals surface area contributed by atoms with Gasteiger partial charge in [-0.25, -0.2) is 4.39 Å². The molecule has 0 saturated carbocycles. The van der Waals surface area contributed by atoms with E-state index in [9.17, 15) is 17.6 Å². The predicted octanol–water partition coefficient (Wildman–Crippen LogP) is 4.01. The Labute approximate surface area is 107 Å². The monoisotopic (exact) mass is 279 g/mol. The van der Waals surface area contributed by atoms with Crippen LogP contribution in [0.15, 0.2) is 18.2 Å². The molecule has 1 aromatic rings. The lowest BCUT2D eigenvalue weighted by Gasteiger charge is -2.14. The molecule has 1 saturated heterocycles. The average molecular weight is 279 g/mol. The van der Waals surface area contributed by atoms with Crippen LogP contribution in [-0.2, 0) is 6.18 Å². The van der Waals surface area contributed by atoms with E-state index in [1.807, 2.05) is 11.8 Å². The molecule has 1 aliphatic rings. The lowest BCUT2D eigenvalue weighted by Crippen LogP contribution is -2.15. The summed E-state index contributed by atoms with van der Waals surface area (Å²) in [5.74, 6) is 1.81. The van der Waals surface area contributed by atoms with E-state index in [4.69, 9.17) is 0 Å². The summed E-state index contributed by atoms with van der Waals surface area (Å²) < 4.78 is 50.9. The molecular weight excluding hydrogens is 266 g/mol. The molecule has 1 atom stereocenters. The Balaban J connectivity index is 2.06. The molecule has 100 valence electrons. The number of alkyl halides is 3. The second-order valence-electron chi connectivity index (χ2n) is 4.30. The largest absolute Gasteiger partial charge is 0.416 e. The molecule has 0 bridgehead atoms. The van der Waals surface area contributed by atoms with Crippen LogP contribution in [0.2, 0.25) is 0 Å². The van der Waals surface area contributed by atoms with Gasteiger partial charge in [-0.2, -0.15) is 24.9 Å². The SMILES string of the molecule is Fc1ccc(C(F)(F)F)cc1NCC1CCSC1. The van der Waals surface area contributed by atoms with Crippen LogP contribution in [0.4, 0.5) is 23.2 Å². The first-order valence-corrected chi connectivity index (χ1v) is 6.80. The number of anilines is 1. The van der Waals surface area contributed by atoms with Crippen LogP contribution in [0.1, 0.15) is 12.0 Å². The fourth-order valence-electron chi connectivity index (χ4n) is 1.84. The molecule has 1 unspecified atom stereocenters. The topological polar surface area (TPSA) is 12.0 Å². The second kappa shape index (κ2) is 5.38. The fraction of sp³-hybridized carbons (Fsp3) is 0.500. The number of thioether (sulfide) groups is 1. The van der Waals surface area contributed by atoms with Gasteiger partial charge in [0, 0.05) is 6.54 Å². The molecular formula is C12H13F4NS. The Kier molecular flexibility index (Phi) is 4.04. The summed E-state index contributed by atoms with van der Waals surface area (Å²) >= 11 is 1.82. The Morgan fingerprint density at radius 1 is 1.33 bits per heavy atom. The number of rotatable bonds is 3. The van der Waals surface area contributed by atoms with Gasteiger partial charge in [0.15, 0.2) is 0 Å². The molecule has 1 aliphatic heterocycles. The molecule has 0 amide bonds. The maximum absolute atomic E-state index is 13.4.